The Hall–Kier alpha value is -1.32. The maximum Gasteiger partial charge on any atom is 0.127 e. The molecule has 21 heavy (non-hydrogen) atoms. The van der Waals surface area contributed by atoms with E-state index in [1.54, 1.807) is 0 Å². The highest BCUT2D eigenvalue weighted by molar-refractivity contribution is 5.72. The van der Waals surface area contributed by atoms with E-state index < -0.39 is 0 Å². The van der Waals surface area contributed by atoms with Gasteiger partial charge in [-0.2, -0.15) is 0 Å². The Morgan fingerprint density at radius 1 is 1.10 bits per heavy atom. The van der Waals surface area contributed by atoms with Crippen LogP contribution in [0.25, 0.3) is 5.57 Å². The Morgan fingerprint density at radius 3 is 2.43 bits per heavy atom. The summed E-state index contributed by atoms with van der Waals surface area (Å²) in [5.41, 5.74) is 2.65. The fourth-order valence-electron chi connectivity index (χ4n) is 4.35. The summed E-state index contributed by atoms with van der Waals surface area (Å²) in [6.07, 6.45) is 2.66. The van der Waals surface area contributed by atoms with Gasteiger partial charge < -0.3 is 9.74 Å². The fraction of sp³-hybridized carbons (Fsp3) is 0.556. The number of rotatable bonds is 2. The van der Waals surface area contributed by atoms with E-state index in [0.717, 1.165) is 11.7 Å². The third-order valence-electron chi connectivity index (χ3n) is 5.45. The Bertz CT molecular complexity index is 546. The van der Waals surface area contributed by atoms with Gasteiger partial charge >= 0.3 is 0 Å². The Kier molecular flexibility index (Phi) is 3.27. The van der Waals surface area contributed by atoms with Crippen LogP contribution in [0.5, 0.6) is 0 Å². The summed E-state index contributed by atoms with van der Waals surface area (Å²) in [5.74, 6) is 1.88. The monoisotopic (exact) mass is 284 g/mol. The van der Waals surface area contributed by atoms with Crippen LogP contribution in [0.2, 0.25) is 0 Å². The second-order valence-corrected chi connectivity index (χ2v) is 6.67. The lowest BCUT2D eigenvalue weighted by Crippen LogP contribution is -2.58. The summed E-state index contributed by atoms with van der Waals surface area (Å²) in [4.78, 5) is 8.81. The molecule has 0 aromatic heterocycles. The molecule has 0 N–H and O–H groups in total. The van der Waals surface area contributed by atoms with E-state index in [0.29, 0.717) is 12.1 Å². The zero-order chi connectivity index (χ0) is 14.4. The second kappa shape index (κ2) is 5.15. The molecule has 1 aromatic carbocycles. The van der Waals surface area contributed by atoms with Crippen LogP contribution in [-0.2, 0) is 4.84 Å². The van der Waals surface area contributed by atoms with Gasteiger partial charge in [0.1, 0.15) is 5.76 Å². The minimum absolute atomic E-state index is 0.345. The molecular weight excluding hydrogens is 260 g/mol. The molecule has 4 aliphatic heterocycles. The summed E-state index contributed by atoms with van der Waals surface area (Å²) >= 11 is 0. The first-order valence-corrected chi connectivity index (χ1v) is 8.19. The van der Waals surface area contributed by atoms with E-state index in [2.05, 4.69) is 54.1 Å². The molecule has 4 heterocycles. The van der Waals surface area contributed by atoms with Crippen LogP contribution >= 0.6 is 0 Å². The highest BCUT2D eigenvalue weighted by atomic mass is 16.7. The minimum Gasteiger partial charge on any atom is -0.409 e. The van der Waals surface area contributed by atoms with Gasteiger partial charge in [-0.25, -0.2) is 0 Å². The van der Waals surface area contributed by atoms with Crippen molar-refractivity contribution in [2.24, 2.45) is 5.92 Å². The van der Waals surface area contributed by atoms with Gasteiger partial charge in [0.05, 0.1) is 12.1 Å². The van der Waals surface area contributed by atoms with E-state index in [-0.39, 0.29) is 0 Å². The van der Waals surface area contributed by atoms with Gasteiger partial charge in [0.25, 0.3) is 0 Å². The van der Waals surface area contributed by atoms with E-state index in [4.69, 9.17) is 4.84 Å². The summed E-state index contributed by atoms with van der Waals surface area (Å²) in [6.45, 7) is 8.13. The molecule has 3 fully saturated rings. The van der Waals surface area contributed by atoms with E-state index in [9.17, 15) is 0 Å². The topological polar surface area (TPSA) is 15.7 Å². The van der Waals surface area contributed by atoms with Gasteiger partial charge in [0, 0.05) is 12.1 Å². The number of piperidine rings is 3. The summed E-state index contributed by atoms with van der Waals surface area (Å²) in [7, 11) is 0. The van der Waals surface area contributed by atoms with E-state index in [1.165, 1.54) is 43.6 Å². The number of fused-ring (bicyclic) bond motifs is 3. The molecule has 0 radical (unpaired) electrons. The molecule has 4 aliphatic rings. The van der Waals surface area contributed by atoms with Gasteiger partial charge in [-0.05, 0) is 51.3 Å². The van der Waals surface area contributed by atoms with E-state index >= 15 is 0 Å². The summed E-state index contributed by atoms with van der Waals surface area (Å²) in [6, 6.07) is 11.6. The molecule has 2 atom stereocenters. The van der Waals surface area contributed by atoms with Crippen molar-refractivity contribution in [3.63, 3.8) is 0 Å². The highest BCUT2D eigenvalue weighted by Crippen LogP contribution is 2.40. The van der Waals surface area contributed by atoms with Crippen LogP contribution in [0.15, 0.2) is 36.1 Å². The zero-order valence-corrected chi connectivity index (χ0v) is 13.0. The molecule has 0 saturated carbocycles. The van der Waals surface area contributed by atoms with Crippen LogP contribution in [0, 0.1) is 5.92 Å². The molecule has 0 spiro atoms. The van der Waals surface area contributed by atoms with Crippen LogP contribution in [-0.4, -0.2) is 41.7 Å². The Balaban J connectivity index is 1.58. The summed E-state index contributed by atoms with van der Waals surface area (Å²) in [5, 5.41) is 2.29. The lowest BCUT2D eigenvalue weighted by Gasteiger charge is -2.48. The van der Waals surface area contributed by atoms with Crippen LogP contribution < -0.4 is 0 Å². The number of hydroxylamine groups is 2. The molecular formula is C18H24N2O. The van der Waals surface area contributed by atoms with E-state index in [1.807, 2.05) is 0 Å². The number of nitrogens with zero attached hydrogens (tertiary/aromatic N) is 2. The van der Waals surface area contributed by atoms with Crippen molar-refractivity contribution in [2.75, 3.05) is 19.6 Å². The molecule has 1 aromatic rings. The number of hydrogen-bond acceptors (Lipinski definition) is 3. The minimum atomic E-state index is 0.345. The number of hydrogen-bond donors (Lipinski definition) is 0. The largest absolute Gasteiger partial charge is 0.409 e. The molecule has 0 aliphatic carbocycles. The Morgan fingerprint density at radius 2 is 1.81 bits per heavy atom. The second-order valence-electron chi connectivity index (χ2n) is 6.67. The first-order chi connectivity index (χ1) is 10.2. The van der Waals surface area contributed by atoms with Gasteiger partial charge in [-0.1, -0.05) is 30.3 Å². The van der Waals surface area contributed by atoms with Crippen molar-refractivity contribution >= 4 is 5.57 Å². The fourth-order valence-corrected chi connectivity index (χ4v) is 4.35. The number of benzene rings is 1. The van der Waals surface area contributed by atoms with Crippen LogP contribution in [0.1, 0.15) is 32.3 Å². The lowest BCUT2D eigenvalue weighted by atomic mass is 9.83. The van der Waals surface area contributed by atoms with Gasteiger partial charge in [0.2, 0.25) is 0 Å². The molecule has 3 heteroatoms. The van der Waals surface area contributed by atoms with Crippen molar-refractivity contribution in [1.29, 1.82) is 0 Å². The predicted molar refractivity (Wildman–Crippen MR) is 84.4 cm³/mol. The predicted octanol–water partition coefficient (Wildman–Crippen LogP) is 3.15. The van der Waals surface area contributed by atoms with Gasteiger partial charge in [0.15, 0.2) is 0 Å². The average Bonchev–Trinajstić information content (AvgIpc) is 2.84. The van der Waals surface area contributed by atoms with Crippen molar-refractivity contribution < 1.29 is 4.84 Å². The standard InChI is InChI=1S/C18H24N2O/c1-13-18(16-6-4-3-5-7-16)14(2)21-20(13)17-12-19-10-8-15(17)9-11-19/h3-7,13,15,17H,8-12H2,1-2H3/t13-,17?/m0/s1. The van der Waals surface area contributed by atoms with Crippen molar-refractivity contribution in [3.8, 4) is 0 Å². The molecule has 3 nitrogen and oxygen atoms in total. The number of allylic oxidation sites excluding steroid dienone is 1. The quantitative estimate of drug-likeness (QED) is 0.830. The molecule has 2 bridgehead atoms. The van der Waals surface area contributed by atoms with Crippen LogP contribution in [0.4, 0.5) is 0 Å². The maximum absolute atomic E-state index is 6.22. The zero-order valence-electron chi connectivity index (χ0n) is 13.0. The smallest absolute Gasteiger partial charge is 0.127 e. The van der Waals surface area contributed by atoms with Gasteiger partial charge in [-0.15, -0.1) is 5.06 Å². The Labute approximate surface area is 127 Å². The molecule has 112 valence electrons. The molecule has 5 rings (SSSR count). The first-order valence-electron chi connectivity index (χ1n) is 8.19. The summed E-state index contributed by atoms with van der Waals surface area (Å²) < 4.78 is 0. The molecule has 1 unspecified atom stereocenters. The lowest BCUT2D eigenvalue weighted by molar-refractivity contribution is -0.182. The average molecular weight is 284 g/mol. The van der Waals surface area contributed by atoms with Gasteiger partial charge in [-0.3, -0.25) is 0 Å². The molecule has 3 saturated heterocycles. The van der Waals surface area contributed by atoms with Crippen molar-refractivity contribution in [2.45, 2.75) is 38.8 Å². The maximum atomic E-state index is 6.22. The first kappa shape index (κ1) is 13.4. The third-order valence-corrected chi connectivity index (χ3v) is 5.45. The van der Waals surface area contributed by atoms with Crippen molar-refractivity contribution in [3.05, 3.63) is 41.7 Å². The highest BCUT2D eigenvalue weighted by Gasteiger charge is 2.43. The van der Waals surface area contributed by atoms with Crippen LogP contribution in [0.3, 0.4) is 0 Å². The SMILES string of the molecule is CC1=C(c2ccccc2)[C@H](C)N(C2CN3CCC2CC3)O1. The molecule has 0 amide bonds. The van der Waals surface area contributed by atoms with Crippen molar-refractivity contribution in [1.82, 2.24) is 9.96 Å². The normalized spacial score (nSPS) is 36.1. The third kappa shape index (κ3) is 2.19.